The van der Waals surface area contributed by atoms with Crippen LogP contribution in [0.5, 0.6) is 0 Å². The van der Waals surface area contributed by atoms with Gasteiger partial charge in [0.2, 0.25) is 5.91 Å². The highest BCUT2D eigenvalue weighted by molar-refractivity contribution is 5.73. The van der Waals surface area contributed by atoms with Crippen LogP contribution in [-0.4, -0.2) is 13.0 Å². The predicted molar refractivity (Wildman–Crippen MR) is 64.0 cm³/mol. The molecule has 0 aliphatic rings. The highest BCUT2D eigenvalue weighted by Crippen LogP contribution is 2.00. The van der Waals surface area contributed by atoms with Crippen molar-refractivity contribution in [3.05, 3.63) is 35.9 Å². The largest absolute Gasteiger partial charge is 0.370 e. The van der Waals surface area contributed by atoms with Gasteiger partial charge in [0.05, 0.1) is 0 Å². The predicted octanol–water partition coefficient (Wildman–Crippen LogP) is 0.929. The Bertz CT molecular complexity index is 267. The minimum absolute atomic E-state index is 0.242. The molecule has 0 radical (unpaired) electrons. The Morgan fingerprint density at radius 3 is 2.07 bits per heavy atom. The van der Waals surface area contributed by atoms with Crippen molar-refractivity contribution in [2.75, 3.05) is 7.05 Å². The quantitative estimate of drug-likeness (QED) is 0.722. The number of hydrogen-bond acceptors (Lipinski definition) is 2. The van der Waals surface area contributed by atoms with Gasteiger partial charge in [-0.25, -0.2) is 0 Å². The van der Waals surface area contributed by atoms with Crippen molar-refractivity contribution in [1.29, 1.82) is 0 Å². The van der Waals surface area contributed by atoms with Gasteiger partial charge in [-0.3, -0.25) is 4.79 Å². The average molecular weight is 206 g/mol. The van der Waals surface area contributed by atoms with E-state index in [2.05, 4.69) is 18.6 Å². The molecule has 0 aromatic heterocycles. The lowest BCUT2D eigenvalue weighted by Crippen LogP contribution is -2.10. The number of hydrogen-bond donors (Lipinski definition) is 2. The van der Waals surface area contributed by atoms with E-state index in [1.807, 2.05) is 30.3 Å². The van der Waals surface area contributed by atoms with Gasteiger partial charge in [0, 0.05) is 6.42 Å². The van der Waals surface area contributed by atoms with Crippen LogP contribution in [0.15, 0.2) is 30.3 Å². The van der Waals surface area contributed by atoms with E-state index >= 15 is 0 Å². The van der Waals surface area contributed by atoms with E-state index in [0.29, 0.717) is 6.42 Å². The van der Waals surface area contributed by atoms with Gasteiger partial charge in [0.1, 0.15) is 0 Å². The first-order valence-electron chi connectivity index (χ1n) is 4.52. The fourth-order valence-corrected chi connectivity index (χ4v) is 0.912. The molecule has 0 aliphatic carbocycles. The third-order valence-electron chi connectivity index (χ3n) is 1.50. The van der Waals surface area contributed by atoms with E-state index in [0.717, 1.165) is 12.0 Å². The molecule has 4 N–H and O–H groups in total. The summed E-state index contributed by atoms with van der Waals surface area (Å²) in [5.74, 6) is -0.242. The molecule has 1 aromatic carbocycles. The summed E-state index contributed by atoms with van der Waals surface area (Å²) in [6.07, 6.45) is 9.18. The normalized spacial score (nSPS) is 7.47. The number of nitrogens with two attached hydrogens (primary N) is 2. The summed E-state index contributed by atoms with van der Waals surface area (Å²) in [4.78, 5) is 10.4. The smallest absolute Gasteiger partial charge is 0.217 e. The third kappa shape index (κ3) is 10.1. The van der Waals surface area contributed by atoms with E-state index in [4.69, 9.17) is 5.73 Å². The molecule has 0 atom stereocenters. The van der Waals surface area contributed by atoms with Crippen LogP contribution in [0.3, 0.4) is 0 Å². The molecule has 0 spiro atoms. The Balaban J connectivity index is 0. The van der Waals surface area contributed by atoms with Crippen LogP contribution < -0.4 is 11.5 Å². The Labute approximate surface area is 91.5 Å². The minimum atomic E-state index is -0.242. The molecule has 0 saturated carbocycles. The second-order valence-corrected chi connectivity index (χ2v) is 2.45. The molecular weight excluding hydrogens is 188 g/mol. The maximum absolute atomic E-state index is 10.4. The summed E-state index contributed by atoms with van der Waals surface area (Å²) in [7, 11) is 1.50. The number of carbonyl (C=O) groups is 1. The van der Waals surface area contributed by atoms with Crippen molar-refractivity contribution in [3.8, 4) is 12.8 Å². The van der Waals surface area contributed by atoms with Crippen molar-refractivity contribution in [2.24, 2.45) is 11.5 Å². The van der Waals surface area contributed by atoms with Crippen molar-refractivity contribution in [3.63, 3.8) is 0 Å². The zero-order chi connectivity index (χ0) is 12.1. The van der Waals surface area contributed by atoms with Gasteiger partial charge < -0.3 is 11.5 Å². The maximum atomic E-state index is 10.4. The number of carbonyl (C=O) groups excluding carboxylic acids is 1. The Kier molecular flexibility index (Phi) is 12.8. The van der Waals surface area contributed by atoms with Crippen LogP contribution in [0.4, 0.5) is 0 Å². The summed E-state index contributed by atoms with van der Waals surface area (Å²) < 4.78 is 0. The fourth-order valence-electron chi connectivity index (χ4n) is 0.912. The third-order valence-corrected chi connectivity index (χ3v) is 1.50. The molecular formula is C12H18N2O. The summed E-state index contributed by atoms with van der Waals surface area (Å²) >= 11 is 0. The van der Waals surface area contributed by atoms with E-state index in [1.54, 1.807) is 0 Å². The molecule has 3 nitrogen and oxygen atoms in total. The Morgan fingerprint density at radius 2 is 1.67 bits per heavy atom. The summed E-state index contributed by atoms with van der Waals surface area (Å²) in [5.41, 5.74) is 10.7. The van der Waals surface area contributed by atoms with E-state index in [1.165, 1.54) is 7.05 Å². The topological polar surface area (TPSA) is 69.1 Å². The van der Waals surface area contributed by atoms with E-state index < -0.39 is 0 Å². The highest BCUT2D eigenvalue weighted by Gasteiger charge is 1.94. The summed E-state index contributed by atoms with van der Waals surface area (Å²) in [6.45, 7) is 0. The number of terminal acetylenes is 1. The van der Waals surface area contributed by atoms with Crippen LogP contribution in [0, 0.1) is 12.8 Å². The standard InChI is InChI=1S/C9H11NO.C2H2.CH5N/c10-9(11)7-6-8-4-2-1-3-5-8;2*1-2/h1-5H,6-7H2,(H2,10,11);1-2H;2H2,1H3. The van der Waals surface area contributed by atoms with Crippen molar-refractivity contribution in [2.45, 2.75) is 12.8 Å². The zero-order valence-corrected chi connectivity index (χ0v) is 9.02. The molecule has 0 fully saturated rings. The van der Waals surface area contributed by atoms with Gasteiger partial charge in [-0.05, 0) is 19.0 Å². The second kappa shape index (κ2) is 12.2. The zero-order valence-electron chi connectivity index (χ0n) is 9.02. The molecule has 1 rings (SSSR count). The molecule has 0 saturated heterocycles. The molecule has 1 amide bonds. The van der Waals surface area contributed by atoms with Gasteiger partial charge in [-0.15, -0.1) is 12.8 Å². The molecule has 3 heteroatoms. The lowest BCUT2D eigenvalue weighted by molar-refractivity contribution is -0.117. The van der Waals surface area contributed by atoms with Crippen LogP contribution in [0.1, 0.15) is 12.0 Å². The highest BCUT2D eigenvalue weighted by atomic mass is 16.1. The summed E-state index contributed by atoms with van der Waals surface area (Å²) in [5, 5.41) is 0. The van der Waals surface area contributed by atoms with Crippen LogP contribution >= 0.6 is 0 Å². The van der Waals surface area contributed by atoms with Gasteiger partial charge >= 0.3 is 0 Å². The first-order chi connectivity index (χ1) is 7.29. The number of aryl methyl sites for hydroxylation is 1. The van der Waals surface area contributed by atoms with Crippen molar-refractivity contribution < 1.29 is 4.79 Å². The van der Waals surface area contributed by atoms with E-state index in [-0.39, 0.29) is 5.91 Å². The van der Waals surface area contributed by atoms with Crippen molar-refractivity contribution in [1.82, 2.24) is 0 Å². The molecule has 15 heavy (non-hydrogen) atoms. The van der Waals surface area contributed by atoms with Crippen molar-refractivity contribution >= 4 is 5.91 Å². The minimum Gasteiger partial charge on any atom is -0.370 e. The van der Waals surface area contributed by atoms with Gasteiger partial charge in [0.25, 0.3) is 0 Å². The molecule has 0 bridgehead atoms. The van der Waals surface area contributed by atoms with Crippen LogP contribution in [0.25, 0.3) is 0 Å². The monoisotopic (exact) mass is 206 g/mol. The fraction of sp³-hybridized carbons (Fsp3) is 0.250. The number of amides is 1. The SMILES string of the molecule is C#C.CN.NC(=O)CCc1ccccc1. The lowest BCUT2D eigenvalue weighted by Gasteiger charge is -1.96. The number of primary amides is 1. The first-order valence-corrected chi connectivity index (χ1v) is 4.52. The average Bonchev–Trinajstić information content (AvgIpc) is 2.33. The number of rotatable bonds is 3. The lowest BCUT2D eigenvalue weighted by atomic mass is 10.1. The first kappa shape index (κ1) is 15.7. The van der Waals surface area contributed by atoms with Gasteiger partial charge in [-0.2, -0.15) is 0 Å². The van der Waals surface area contributed by atoms with E-state index in [9.17, 15) is 4.79 Å². The molecule has 82 valence electrons. The number of benzene rings is 1. The summed E-state index contributed by atoms with van der Waals surface area (Å²) in [6, 6.07) is 9.84. The van der Waals surface area contributed by atoms with Crippen LogP contribution in [0.2, 0.25) is 0 Å². The molecule has 0 heterocycles. The van der Waals surface area contributed by atoms with Gasteiger partial charge in [-0.1, -0.05) is 30.3 Å². The molecule has 1 aromatic rings. The molecule has 0 unspecified atom stereocenters. The molecule has 0 aliphatic heterocycles. The second-order valence-electron chi connectivity index (χ2n) is 2.45. The Morgan fingerprint density at radius 1 is 1.20 bits per heavy atom. The van der Waals surface area contributed by atoms with Crippen LogP contribution in [-0.2, 0) is 11.2 Å². The maximum Gasteiger partial charge on any atom is 0.217 e. The van der Waals surface area contributed by atoms with Gasteiger partial charge in [0.15, 0.2) is 0 Å². The Hall–Kier alpha value is -1.79.